The molecule has 1 aliphatic carbocycles. The second-order valence-electron chi connectivity index (χ2n) is 8.54. The predicted octanol–water partition coefficient (Wildman–Crippen LogP) is 2.53. The molecule has 16 heteroatoms. The summed E-state index contributed by atoms with van der Waals surface area (Å²) in [5, 5.41) is 13.5. The van der Waals surface area contributed by atoms with Gasteiger partial charge in [-0.2, -0.15) is 0 Å². The van der Waals surface area contributed by atoms with E-state index < -0.39 is 29.5 Å². The standard InChI is InChI=1S/C22H21F3N8O4S/c23-22(24,25)37-15-2-1-12(9-14(15)29-18(35)21(3-4-21)33-5-7-36-8-6-33)16(34)30-20-32-31-17(38-20)13-10-27-19(26)28-11-13/h1-2,9-11H,3-8H2,(H,29,35)(H2,26,27,28)(H,30,32,34). The minimum atomic E-state index is -5.00. The second kappa shape index (κ2) is 10.1. The smallest absolute Gasteiger partial charge is 0.404 e. The number of benzene rings is 1. The van der Waals surface area contributed by atoms with Crippen molar-refractivity contribution >= 4 is 39.9 Å². The Morgan fingerprint density at radius 3 is 2.47 bits per heavy atom. The first kappa shape index (κ1) is 25.7. The molecule has 0 spiro atoms. The normalized spacial score (nSPS) is 17.0. The Morgan fingerprint density at radius 2 is 1.82 bits per heavy atom. The topological polar surface area (TPSA) is 157 Å². The van der Waals surface area contributed by atoms with Gasteiger partial charge in [0.05, 0.1) is 18.9 Å². The van der Waals surface area contributed by atoms with Crippen molar-refractivity contribution in [3.63, 3.8) is 0 Å². The number of nitrogens with two attached hydrogens (primary N) is 1. The van der Waals surface area contributed by atoms with Gasteiger partial charge in [0.2, 0.25) is 17.0 Å². The number of nitrogens with one attached hydrogen (secondary N) is 2. The molecule has 0 unspecified atom stereocenters. The number of rotatable bonds is 7. The van der Waals surface area contributed by atoms with Gasteiger partial charge in [-0.05, 0) is 31.0 Å². The number of hydrogen-bond donors (Lipinski definition) is 3. The molecule has 1 aromatic carbocycles. The number of nitrogen functional groups attached to an aromatic ring is 1. The maximum Gasteiger partial charge on any atom is 0.573 e. The maximum absolute atomic E-state index is 13.2. The molecule has 1 aliphatic heterocycles. The highest BCUT2D eigenvalue weighted by molar-refractivity contribution is 7.18. The van der Waals surface area contributed by atoms with Crippen molar-refractivity contribution in [3.8, 4) is 16.3 Å². The Hall–Kier alpha value is -3.89. The van der Waals surface area contributed by atoms with Crippen molar-refractivity contribution in [1.29, 1.82) is 0 Å². The lowest BCUT2D eigenvalue weighted by Crippen LogP contribution is -2.51. The molecule has 1 saturated carbocycles. The Kier molecular flexibility index (Phi) is 6.85. The van der Waals surface area contributed by atoms with E-state index in [1.54, 1.807) is 0 Å². The summed E-state index contributed by atoms with van der Waals surface area (Å²) in [5.41, 5.74) is 4.87. The van der Waals surface area contributed by atoms with E-state index in [0.29, 0.717) is 49.7 Å². The number of halogens is 3. The lowest BCUT2D eigenvalue weighted by Gasteiger charge is -2.34. The van der Waals surface area contributed by atoms with Gasteiger partial charge >= 0.3 is 6.36 Å². The van der Waals surface area contributed by atoms with Gasteiger partial charge in [0.25, 0.3) is 5.91 Å². The summed E-state index contributed by atoms with van der Waals surface area (Å²) in [6.45, 7) is 2.00. The lowest BCUT2D eigenvalue weighted by molar-refractivity contribution is -0.274. The number of nitrogens with zero attached hydrogens (tertiary/aromatic N) is 5. The molecule has 3 aromatic rings. The summed E-state index contributed by atoms with van der Waals surface area (Å²) in [5.74, 6) is -1.69. The molecule has 4 N–H and O–H groups in total. The van der Waals surface area contributed by atoms with Crippen LogP contribution in [0, 0.1) is 0 Å². The largest absolute Gasteiger partial charge is 0.573 e. The number of morpholine rings is 1. The number of hydrogen-bond acceptors (Lipinski definition) is 11. The molecule has 0 bridgehead atoms. The van der Waals surface area contributed by atoms with Gasteiger partial charge in [-0.15, -0.1) is 23.4 Å². The lowest BCUT2D eigenvalue weighted by atomic mass is 10.1. The summed E-state index contributed by atoms with van der Waals surface area (Å²) in [6, 6.07) is 3.25. The number of anilines is 3. The van der Waals surface area contributed by atoms with E-state index in [9.17, 15) is 22.8 Å². The van der Waals surface area contributed by atoms with Crippen LogP contribution >= 0.6 is 11.3 Å². The van der Waals surface area contributed by atoms with Crippen molar-refractivity contribution in [3.05, 3.63) is 36.2 Å². The molecule has 2 aromatic heterocycles. The minimum absolute atomic E-state index is 0.0291. The Morgan fingerprint density at radius 1 is 1.11 bits per heavy atom. The van der Waals surface area contributed by atoms with Crippen molar-refractivity contribution < 1.29 is 32.2 Å². The molecule has 2 amide bonds. The zero-order chi connectivity index (χ0) is 26.9. The van der Waals surface area contributed by atoms with Crippen molar-refractivity contribution in [1.82, 2.24) is 25.1 Å². The number of ether oxygens (including phenoxy) is 2. The highest BCUT2D eigenvalue weighted by atomic mass is 32.1. The zero-order valence-corrected chi connectivity index (χ0v) is 20.4. The zero-order valence-electron chi connectivity index (χ0n) is 19.6. The molecule has 0 radical (unpaired) electrons. The van der Waals surface area contributed by atoms with Gasteiger partial charge in [0.1, 0.15) is 5.54 Å². The monoisotopic (exact) mass is 550 g/mol. The summed E-state index contributed by atoms with van der Waals surface area (Å²) < 4.78 is 48.6. The van der Waals surface area contributed by atoms with Crippen LogP contribution in [0.25, 0.3) is 10.6 Å². The molecule has 200 valence electrons. The SMILES string of the molecule is Nc1ncc(-c2nnc(NC(=O)c3ccc(OC(F)(F)F)c(NC(=O)C4(N5CCOCC5)CC4)c3)s2)cn1. The van der Waals surface area contributed by atoms with E-state index in [1.807, 2.05) is 4.90 Å². The summed E-state index contributed by atoms with van der Waals surface area (Å²) in [4.78, 5) is 35.8. The first-order valence-corrected chi connectivity index (χ1v) is 12.2. The van der Waals surface area contributed by atoms with Gasteiger partial charge in [-0.1, -0.05) is 11.3 Å². The van der Waals surface area contributed by atoms with E-state index in [2.05, 4.69) is 35.5 Å². The number of aromatic nitrogens is 4. The fourth-order valence-corrected chi connectivity index (χ4v) is 4.74. The summed E-state index contributed by atoms with van der Waals surface area (Å²) >= 11 is 1.03. The van der Waals surface area contributed by atoms with E-state index in [-0.39, 0.29) is 22.3 Å². The van der Waals surface area contributed by atoms with Crippen molar-refractivity contribution in [2.24, 2.45) is 0 Å². The number of amides is 2. The van der Waals surface area contributed by atoms with Crippen LogP contribution in [0.15, 0.2) is 30.6 Å². The van der Waals surface area contributed by atoms with Crippen LogP contribution in [-0.4, -0.2) is 75.1 Å². The van der Waals surface area contributed by atoms with E-state index >= 15 is 0 Å². The number of carbonyl (C=O) groups is 2. The molecule has 2 fully saturated rings. The van der Waals surface area contributed by atoms with Crippen LogP contribution in [0.3, 0.4) is 0 Å². The highest BCUT2D eigenvalue weighted by Gasteiger charge is 2.54. The molecular weight excluding hydrogens is 529 g/mol. The molecule has 2 aliphatic rings. The molecule has 1 saturated heterocycles. The first-order valence-electron chi connectivity index (χ1n) is 11.4. The van der Waals surface area contributed by atoms with Crippen molar-refractivity contribution in [2.75, 3.05) is 42.7 Å². The van der Waals surface area contributed by atoms with Crippen LogP contribution in [0.4, 0.5) is 29.9 Å². The van der Waals surface area contributed by atoms with Gasteiger partial charge in [0.15, 0.2) is 10.8 Å². The fraction of sp³-hybridized carbons (Fsp3) is 0.364. The van der Waals surface area contributed by atoms with Crippen molar-refractivity contribution in [2.45, 2.75) is 24.7 Å². The predicted molar refractivity (Wildman–Crippen MR) is 129 cm³/mol. The molecule has 38 heavy (non-hydrogen) atoms. The summed E-state index contributed by atoms with van der Waals surface area (Å²) in [6.07, 6.45) is -0.974. The molecular formula is C22H21F3N8O4S. The highest BCUT2D eigenvalue weighted by Crippen LogP contribution is 2.44. The molecule has 5 rings (SSSR count). The van der Waals surface area contributed by atoms with Gasteiger partial charge in [-0.3, -0.25) is 19.8 Å². The molecule has 12 nitrogen and oxygen atoms in total. The Balaban J connectivity index is 1.35. The van der Waals surface area contributed by atoms with Gasteiger partial charge < -0.3 is 20.5 Å². The van der Waals surface area contributed by atoms with Gasteiger partial charge in [0, 0.05) is 36.6 Å². The van der Waals surface area contributed by atoms with E-state index in [4.69, 9.17) is 10.5 Å². The average Bonchev–Trinajstić information content (AvgIpc) is 3.58. The quantitative estimate of drug-likeness (QED) is 0.399. The third kappa shape index (κ3) is 5.66. The maximum atomic E-state index is 13.2. The first-order chi connectivity index (χ1) is 18.1. The minimum Gasteiger partial charge on any atom is -0.404 e. The fourth-order valence-electron chi connectivity index (χ4n) is 4.03. The second-order valence-corrected chi connectivity index (χ2v) is 9.52. The third-order valence-electron chi connectivity index (χ3n) is 6.04. The van der Waals surface area contributed by atoms with Crippen LogP contribution < -0.4 is 21.1 Å². The Bertz CT molecular complexity index is 1340. The summed E-state index contributed by atoms with van der Waals surface area (Å²) in [7, 11) is 0. The number of alkyl halides is 3. The van der Waals surface area contributed by atoms with Crippen LogP contribution in [0.2, 0.25) is 0 Å². The third-order valence-corrected chi connectivity index (χ3v) is 6.93. The van der Waals surface area contributed by atoms with Gasteiger partial charge in [-0.25, -0.2) is 9.97 Å². The van der Waals surface area contributed by atoms with Crippen LogP contribution in [0.5, 0.6) is 5.75 Å². The average molecular weight is 551 g/mol. The molecule has 3 heterocycles. The van der Waals surface area contributed by atoms with Crippen LogP contribution in [0.1, 0.15) is 23.2 Å². The Labute approximate surface area is 217 Å². The molecule has 0 atom stereocenters. The van der Waals surface area contributed by atoms with Crippen LogP contribution in [-0.2, 0) is 9.53 Å². The number of carbonyl (C=O) groups excluding carboxylic acids is 2. The van der Waals surface area contributed by atoms with E-state index in [0.717, 1.165) is 29.5 Å². The van der Waals surface area contributed by atoms with E-state index in [1.165, 1.54) is 12.4 Å².